The second-order valence-corrected chi connectivity index (χ2v) is 7.24. The minimum atomic E-state index is 0.245. The molecule has 1 aromatic rings. The van der Waals surface area contributed by atoms with E-state index in [9.17, 15) is 0 Å². The Balaban J connectivity index is 1.71. The van der Waals surface area contributed by atoms with E-state index in [1.807, 2.05) is 0 Å². The lowest BCUT2D eigenvalue weighted by molar-refractivity contribution is 0.0759. The molecule has 3 rings (SSSR count). The molecule has 2 fully saturated rings. The molecule has 1 saturated heterocycles. The third-order valence-corrected chi connectivity index (χ3v) is 4.84. The number of aryl methyl sites for hydroxylation is 1. The van der Waals surface area contributed by atoms with Crippen molar-refractivity contribution in [1.29, 1.82) is 0 Å². The van der Waals surface area contributed by atoms with E-state index in [1.54, 1.807) is 0 Å². The molecule has 110 valence electrons. The summed E-state index contributed by atoms with van der Waals surface area (Å²) in [7, 11) is 0. The quantitative estimate of drug-likeness (QED) is 0.905. The van der Waals surface area contributed by atoms with E-state index in [0.717, 1.165) is 38.0 Å². The van der Waals surface area contributed by atoms with E-state index in [1.165, 1.54) is 24.0 Å². The summed E-state index contributed by atoms with van der Waals surface area (Å²) in [5.41, 5.74) is 3.15. The Morgan fingerprint density at radius 2 is 1.80 bits per heavy atom. The minimum absolute atomic E-state index is 0.245. The number of nitrogens with one attached hydrogen (secondary N) is 1. The van der Waals surface area contributed by atoms with Gasteiger partial charge in [0.2, 0.25) is 0 Å². The Morgan fingerprint density at radius 1 is 1.15 bits per heavy atom. The zero-order chi connectivity index (χ0) is 14.2. The van der Waals surface area contributed by atoms with Gasteiger partial charge in [-0.1, -0.05) is 31.2 Å². The molecule has 1 N–H and O–H groups in total. The molecule has 0 bridgehead atoms. The van der Waals surface area contributed by atoms with E-state index in [0.29, 0.717) is 0 Å². The van der Waals surface area contributed by atoms with Crippen molar-refractivity contribution in [3.05, 3.63) is 35.4 Å². The Labute approximate surface area is 123 Å². The predicted octanol–water partition coefficient (Wildman–Crippen LogP) is 3.21. The van der Waals surface area contributed by atoms with Crippen molar-refractivity contribution in [2.24, 2.45) is 5.92 Å². The highest BCUT2D eigenvalue weighted by Crippen LogP contribution is 2.37. The second-order valence-electron chi connectivity index (χ2n) is 7.24. The van der Waals surface area contributed by atoms with Crippen LogP contribution in [0.15, 0.2) is 24.3 Å². The van der Waals surface area contributed by atoms with Crippen LogP contribution in [-0.4, -0.2) is 29.6 Å². The van der Waals surface area contributed by atoms with Gasteiger partial charge >= 0.3 is 0 Å². The first-order valence-corrected chi connectivity index (χ1v) is 8.14. The topological polar surface area (TPSA) is 15.3 Å². The van der Waals surface area contributed by atoms with E-state index in [4.69, 9.17) is 0 Å². The summed E-state index contributed by atoms with van der Waals surface area (Å²) >= 11 is 0. The highest BCUT2D eigenvalue weighted by atomic mass is 15.3. The van der Waals surface area contributed by atoms with Crippen molar-refractivity contribution in [3.63, 3.8) is 0 Å². The highest BCUT2D eigenvalue weighted by Gasteiger charge is 2.40. The first-order chi connectivity index (χ1) is 9.57. The maximum absolute atomic E-state index is 3.72. The van der Waals surface area contributed by atoms with Gasteiger partial charge in [-0.3, -0.25) is 4.90 Å². The molecule has 1 heterocycles. The molecule has 1 aliphatic heterocycles. The molecule has 1 aromatic carbocycles. The second kappa shape index (κ2) is 5.50. The average molecular weight is 272 g/mol. The standard InChI is InChI=1S/C18H28N2/c1-4-14-5-7-15(8-6-14)12-20-13-18(2,3)19-11-17(20)16-9-10-16/h5-8,16-17,19H,4,9-13H2,1-3H3. The molecule has 1 saturated carbocycles. The smallest absolute Gasteiger partial charge is 0.0253 e. The molecule has 0 radical (unpaired) electrons. The summed E-state index contributed by atoms with van der Waals surface area (Å²) in [5, 5.41) is 3.72. The van der Waals surface area contributed by atoms with Gasteiger partial charge in [-0.25, -0.2) is 0 Å². The largest absolute Gasteiger partial charge is 0.309 e. The van der Waals surface area contributed by atoms with Crippen molar-refractivity contribution in [1.82, 2.24) is 10.2 Å². The van der Waals surface area contributed by atoms with Crippen LogP contribution < -0.4 is 5.32 Å². The zero-order valence-electron chi connectivity index (χ0n) is 13.2. The van der Waals surface area contributed by atoms with Crippen molar-refractivity contribution in [2.75, 3.05) is 13.1 Å². The lowest BCUT2D eigenvalue weighted by Gasteiger charge is -2.45. The van der Waals surface area contributed by atoms with Crippen LogP contribution in [0.25, 0.3) is 0 Å². The first-order valence-electron chi connectivity index (χ1n) is 8.14. The van der Waals surface area contributed by atoms with Gasteiger partial charge in [-0.05, 0) is 50.2 Å². The van der Waals surface area contributed by atoms with E-state index >= 15 is 0 Å². The van der Waals surface area contributed by atoms with Crippen molar-refractivity contribution in [3.8, 4) is 0 Å². The van der Waals surface area contributed by atoms with Gasteiger partial charge in [0.15, 0.2) is 0 Å². The van der Waals surface area contributed by atoms with Crippen LogP contribution in [0.3, 0.4) is 0 Å². The van der Waals surface area contributed by atoms with E-state index in [-0.39, 0.29) is 5.54 Å². The van der Waals surface area contributed by atoms with Crippen LogP contribution >= 0.6 is 0 Å². The van der Waals surface area contributed by atoms with E-state index < -0.39 is 0 Å². The molecule has 20 heavy (non-hydrogen) atoms. The lowest BCUT2D eigenvalue weighted by Crippen LogP contribution is -2.61. The van der Waals surface area contributed by atoms with Crippen molar-refractivity contribution < 1.29 is 0 Å². The van der Waals surface area contributed by atoms with Gasteiger partial charge in [0.1, 0.15) is 0 Å². The van der Waals surface area contributed by atoms with Crippen molar-refractivity contribution in [2.45, 2.75) is 58.2 Å². The molecule has 0 amide bonds. The summed E-state index contributed by atoms with van der Waals surface area (Å²) in [6.45, 7) is 10.3. The predicted molar refractivity (Wildman–Crippen MR) is 84.8 cm³/mol. The summed E-state index contributed by atoms with van der Waals surface area (Å²) in [4.78, 5) is 2.72. The third-order valence-electron chi connectivity index (χ3n) is 4.84. The summed E-state index contributed by atoms with van der Waals surface area (Å²) in [5.74, 6) is 0.938. The first kappa shape index (κ1) is 14.1. The van der Waals surface area contributed by atoms with E-state index in [2.05, 4.69) is 55.3 Å². The molecule has 1 unspecified atom stereocenters. The van der Waals surface area contributed by atoms with Crippen LogP contribution in [0.5, 0.6) is 0 Å². The normalized spacial score (nSPS) is 26.6. The number of piperazine rings is 1. The highest BCUT2D eigenvalue weighted by molar-refractivity contribution is 5.22. The fourth-order valence-corrected chi connectivity index (χ4v) is 3.42. The molecular weight excluding hydrogens is 244 g/mol. The van der Waals surface area contributed by atoms with Crippen molar-refractivity contribution >= 4 is 0 Å². The zero-order valence-corrected chi connectivity index (χ0v) is 13.2. The van der Waals surface area contributed by atoms with Gasteiger partial charge in [-0.15, -0.1) is 0 Å². The molecular formula is C18H28N2. The molecule has 0 spiro atoms. The summed E-state index contributed by atoms with van der Waals surface area (Å²) in [6.07, 6.45) is 3.99. The van der Waals surface area contributed by atoms with Crippen LogP contribution in [-0.2, 0) is 13.0 Å². The number of rotatable bonds is 4. The number of hydrogen-bond donors (Lipinski definition) is 1. The molecule has 2 heteroatoms. The SMILES string of the molecule is CCc1ccc(CN2CC(C)(C)NCC2C2CC2)cc1. The monoisotopic (exact) mass is 272 g/mol. The average Bonchev–Trinajstić information content (AvgIpc) is 3.23. The number of hydrogen-bond acceptors (Lipinski definition) is 2. The van der Waals surface area contributed by atoms with Crippen LogP contribution in [0, 0.1) is 5.92 Å². The Bertz CT molecular complexity index is 445. The molecule has 2 aliphatic rings. The Morgan fingerprint density at radius 3 is 2.40 bits per heavy atom. The van der Waals surface area contributed by atoms with Gasteiger partial charge in [0.25, 0.3) is 0 Å². The summed E-state index contributed by atoms with van der Waals surface area (Å²) in [6, 6.07) is 9.95. The number of nitrogens with zero attached hydrogens (tertiary/aromatic N) is 1. The van der Waals surface area contributed by atoms with Crippen LogP contribution in [0.1, 0.15) is 44.7 Å². The van der Waals surface area contributed by atoms with Crippen LogP contribution in [0.4, 0.5) is 0 Å². The Hall–Kier alpha value is -0.860. The minimum Gasteiger partial charge on any atom is -0.309 e. The molecule has 1 aliphatic carbocycles. The summed E-state index contributed by atoms with van der Waals surface area (Å²) < 4.78 is 0. The van der Waals surface area contributed by atoms with Gasteiger partial charge < -0.3 is 5.32 Å². The lowest BCUT2D eigenvalue weighted by atomic mass is 9.95. The molecule has 0 aromatic heterocycles. The molecule has 1 atom stereocenters. The van der Waals surface area contributed by atoms with Gasteiger partial charge in [-0.2, -0.15) is 0 Å². The Kier molecular flexibility index (Phi) is 3.87. The maximum Gasteiger partial charge on any atom is 0.0253 e. The number of benzene rings is 1. The fourth-order valence-electron chi connectivity index (χ4n) is 3.42. The molecule has 2 nitrogen and oxygen atoms in total. The van der Waals surface area contributed by atoms with Gasteiger partial charge in [0, 0.05) is 31.2 Å². The third kappa shape index (κ3) is 3.24. The van der Waals surface area contributed by atoms with Gasteiger partial charge in [0.05, 0.1) is 0 Å². The maximum atomic E-state index is 3.72. The van der Waals surface area contributed by atoms with Crippen LogP contribution in [0.2, 0.25) is 0 Å². The fraction of sp³-hybridized carbons (Fsp3) is 0.667.